The molecule has 0 spiro atoms. The Morgan fingerprint density at radius 1 is 1.42 bits per heavy atom. The third kappa shape index (κ3) is 1.94. The molecule has 0 aliphatic rings. The summed E-state index contributed by atoms with van der Waals surface area (Å²) in [5, 5.41) is 0. The number of benzene rings is 1. The van der Waals surface area contributed by atoms with Gasteiger partial charge in [-0.1, -0.05) is 13.0 Å². The van der Waals surface area contributed by atoms with E-state index in [9.17, 15) is 8.78 Å². The van der Waals surface area contributed by atoms with Crippen LogP contribution in [0.5, 0.6) is 5.75 Å². The van der Waals surface area contributed by atoms with Gasteiger partial charge in [-0.15, -0.1) is 0 Å². The highest BCUT2D eigenvalue weighted by atomic mass is 19.1. The lowest BCUT2D eigenvalue weighted by atomic mass is 10.1. The van der Waals surface area contributed by atoms with Crippen molar-refractivity contribution in [2.24, 2.45) is 0 Å². The van der Waals surface area contributed by atoms with Gasteiger partial charge in [0.1, 0.15) is 0 Å². The minimum atomic E-state index is -0.998. The molecule has 0 saturated heterocycles. The van der Waals surface area contributed by atoms with Crippen molar-refractivity contribution >= 4 is 0 Å². The molecule has 0 aromatic heterocycles. The average molecular weight is 172 g/mol. The van der Waals surface area contributed by atoms with Gasteiger partial charge in [-0.05, 0) is 24.1 Å². The minimum Gasteiger partial charge on any atom is -0.460 e. The molecule has 0 N–H and O–H groups in total. The van der Waals surface area contributed by atoms with E-state index >= 15 is 0 Å². The van der Waals surface area contributed by atoms with Gasteiger partial charge in [-0.2, -0.15) is 0 Å². The Hall–Kier alpha value is -1.12. The highest BCUT2D eigenvalue weighted by molar-refractivity contribution is 5.29. The highest BCUT2D eigenvalue weighted by Crippen LogP contribution is 2.18. The molecule has 0 fully saturated rings. The van der Waals surface area contributed by atoms with E-state index in [1.54, 1.807) is 6.07 Å². The SMILES string of the molecule is CCc1ccc(OCF)c(F)c1. The molecular formula is C9H10F2O. The summed E-state index contributed by atoms with van der Waals surface area (Å²) in [6, 6.07) is 4.51. The van der Waals surface area contributed by atoms with Crippen LogP contribution in [0.4, 0.5) is 8.78 Å². The smallest absolute Gasteiger partial charge is 0.228 e. The van der Waals surface area contributed by atoms with Gasteiger partial charge in [0.15, 0.2) is 11.6 Å². The molecule has 0 aliphatic heterocycles. The van der Waals surface area contributed by atoms with Gasteiger partial charge in [0, 0.05) is 0 Å². The Kier molecular flexibility index (Phi) is 3.02. The van der Waals surface area contributed by atoms with Crippen LogP contribution in [0, 0.1) is 5.82 Å². The van der Waals surface area contributed by atoms with Crippen molar-refractivity contribution in [2.45, 2.75) is 13.3 Å². The first kappa shape index (κ1) is 8.97. The maximum absolute atomic E-state index is 12.9. The molecule has 0 heterocycles. The fourth-order valence-electron chi connectivity index (χ4n) is 0.940. The van der Waals surface area contributed by atoms with E-state index in [2.05, 4.69) is 4.74 Å². The number of hydrogen-bond acceptors (Lipinski definition) is 1. The third-order valence-electron chi connectivity index (χ3n) is 1.61. The zero-order valence-corrected chi connectivity index (χ0v) is 6.81. The summed E-state index contributed by atoms with van der Waals surface area (Å²) in [7, 11) is 0. The molecule has 66 valence electrons. The predicted molar refractivity (Wildman–Crippen MR) is 42.4 cm³/mol. The first-order valence-electron chi connectivity index (χ1n) is 3.75. The van der Waals surface area contributed by atoms with Crippen molar-refractivity contribution in [2.75, 3.05) is 6.86 Å². The fourth-order valence-corrected chi connectivity index (χ4v) is 0.940. The fraction of sp³-hybridized carbons (Fsp3) is 0.333. The summed E-state index contributed by atoms with van der Waals surface area (Å²) >= 11 is 0. The quantitative estimate of drug-likeness (QED) is 0.681. The maximum Gasteiger partial charge on any atom is 0.228 e. The molecule has 0 bridgehead atoms. The number of aryl methyl sites for hydroxylation is 1. The second-order valence-corrected chi connectivity index (χ2v) is 2.37. The van der Waals surface area contributed by atoms with Crippen LogP contribution in [-0.4, -0.2) is 6.86 Å². The topological polar surface area (TPSA) is 9.23 Å². The van der Waals surface area contributed by atoms with Crippen molar-refractivity contribution in [1.29, 1.82) is 0 Å². The molecule has 1 nitrogen and oxygen atoms in total. The second-order valence-electron chi connectivity index (χ2n) is 2.37. The summed E-state index contributed by atoms with van der Waals surface area (Å²) in [6.45, 7) is 0.923. The molecule has 0 radical (unpaired) electrons. The summed E-state index contributed by atoms with van der Waals surface area (Å²) in [5.74, 6) is -0.540. The monoisotopic (exact) mass is 172 g/mol. The summed E-state index contributed by atoms with van der Waals surface area (Å²) in [4.78, 5) is 0. The Morgan fingerprint density at radius 2 is 2.17 bits per heavy atom. The first-order valence-corrected chi connectivity index (χ1v) is 3.75. The van der Waals surface area contributed by atoms with Crippen LogP contribution in [0.2, 0.25) is 0 Å². The van der Waals surface area contributed by atoms with Gasteiger partial charge >= 0.3 is 0 Å². The molecule has 1 aromatic rings. The molecular weight excluding hydrogens is 162 g/mol. The van der Waals surface area contributed by atoms with E-state index in [0.29, 0.717) is 0 Å². The Morgan fingerprint density at radius 3 is 2.67 bits per heavy atom. The van der Waals surface area contributed by atoms with E-state index in [-0.39, 0.29) is 5.75 Å². The number of ether oxygens (including phenoxy) is 1. The minimum absolute atomic E-state index is 0.0327. The molecule has 1 aromatic carbocycles. The van der Waals surface area contributed by atoms with E-state index in [0.717, 1.165) is 12.0 Å². The third-order valence-corrected chi connectivity index (χ3v) is 1.61. The molecule has 0 amide bonds. The molecule has 0 unspecified atom stereocenters. The zero-order valence-electron chi connectivity index (χ0n) is 6.81. The van der Waals surface area contributed by atoms with Crippen molar-refractivity contribution in [3.63, 3.8) is 0 Å². The summed E-state index contributed by atoms with van der Waals surface area (Å²) < 4.78 is 29.0. The average Bonchev–Trinajstić information content (AvgIpc) is 2.09. The number of alkyl halides is 1. The van der Waals surface area contributed by atoms with E-state index in [4.69, 9.17) is 0 Å². The molecule has 0 atom stereocenters. The maximum atomic E-state index is 12.9. The number of hydrogen-bond donors (Lipinski definition) is 0. The predicted octanol–water partition coefficient (Wildman–Crippen LogP) is 2.69. The lowest BCUT2D eigenvalue weighted by Gasteiger charge is -2.03. The zero-order chi connectivity index (χ0) is 8.97. The Labute approximate surface area is 70.0 Å². The molecule has 0 saturated carbocycles. The first-order chi connectivity index (χ1) is 5.77. The molecule has 0 aliphatic carbocycles. The van der Waals surface area contributed by atoms with Crippen molar-refractivity contribution < 1.29 is 13.5 Å². The molecule has 12 heavy (non-hydrogen) atoms. The van der Waals surface area contributed by atoms with E-state index in [1.165, 1.54) is 12.1 Å². The van der Waals surface area contributed by atoms with Crippen LogP contribution in [0.25, 0.3) is 0 Å². The van der Waals surface area contributed by atoms with Crippen LogP contribution < -0.4 is 4.74 Å². The highest BCUT2D eigenvalue weighted by Gasteiger charge is 2.02. The van der Waals surface area contributed by atoms with Crippen LogP contribution in [0.1, 0.15) is 12.5 Å². The molecule has 1 rings (SSSR count). The standard InChI is InChI=1S/C9H10F2O/c1-2-7-3-4-9(12-6-10)8(11)5-7/h3-5H,2,6H2,1H3. The van der Waals surface area contributed by atoms with Gasteiger partial charge in [-0.3, -0.25) is 0 Å². The van der Waals surface area contributed by atoms with Crippen LogP contribution >= 0.6 is 0 Å². The van der Waals surface area contributed by atoms with Gasteiger partial charge in [-0.25, -0.2) is 8.78 Å². The number of rotatable bonds is 3. The van der Waals surface area contributed by atoms with Crippen LogP contribution in [-0.2, 0) is 6.42 Å². The normalized spacial score (nSPS) is 9.92. The van der Waals surface area contributed by atoms with Crippen molar-refractivity contribution in [3.05, 3.63) is 29.6 Å². The van der Waals surface area contributed by atoms with E-state index in [1.807, 2.05) is 6.92 Å². The summed E-state index contributed by atoms with van der Waals surface area (Å²) in [6.07, 6.45) is 0.757. The lowest BCUT2D eigenvalue weighted by molar-refractivity contribution is 0.184. The Balaban J connectivity index is 2.87. The van der Waals surface area contributed by atoms with Gasteiger partial charge in [0.25, 0.3) is 0 Å². The van der Waals surface area contributed by atoms with Gasteiger partial charge in [0.2, 0.25) is 6.86 Å². The van der Waals surface area contributed by atoms with Crippen molar-refractivity contribution in [1.82, 2.24) is 0 Å². The van der Waals surface area contributed by atoms with Gasteiger partial charge < -0.3 is 4.74 Å². The van der Waals surface area contributed by atoms with Gasteiger partial charge in [0.05, 0.1) is 0 Å². The van der Waals surface area contributed by atoms with Crippen LogP contribution in [0.3, 0.4) is 0 Å². The van der Waals surface area contributed by atoms with Crippen molar-refractivity contribution in [3.8, 4) is 5.75 Å². The van der Waals surface area contributed by atoms with E-state index < -0.39 is 12.7 Å². The second kappa shape index (κ2) is 4.04. The number of halogens is 2. The van der Waals surface area contributed by atoms with Crippen LogP contribution in [0.15, 0.2) is 18.2 Å². The molecule has 3 heteroatoms. The lowest BCUT2D eigenvalue weighted by Crippen LogP contribution is -1.94. The Bertz CT molecular complexity index is 261. The summed E-state index contributed by atoms with van der Waals surface area (Å²) in [5.41, 5.74) is 0.874. The largest absolute Gasteiger partial charge is 0.460 e.